The molecule has 0 nitrogen and oxygen atoms in total. The largest absolute Gasteiger partial charge is 1.00 e. The van der Waals surface area contributed by atoms with Crippen molar-refractivity contribution in [2.45, 2.75) is 73.1 Å². The molecule has 4 aromatic carbocycles. The molecule has 0 fully saturated rings. The Balaban J connectivity index is 0.00000252. The molecule has 0 N–H and O–H groups in total. The molecule has 0 radical (unpaired) electrons. The maximum Gasteiger partial charge on any atom is -1.00 e. The van der Waals surface area contributed by atoms with Crippen LogP contribution in [0.3, 0.4) is 0 Å². The minimum absolute atomic E-state index is 0. The third-order valence-electron chi connectivity index (χ3n) is 10.2. The van der Waals surface area contributed by atoms with Gasteiger partial charge in [-0.3, -0.25) is 0 Å². The number of benzene rings is 4. The van der Waals surface area contributed by atoms with Gasteiger partial charge in [0, 0.05) is 0 Å². The van der Waals surface area contributed by atoms with Crippen LogP contribution in [0.5, 0.6) is 0 Å². The molecule has 266 valence electrons. The van der Waals surface area contributed by atoms with E-state index < -0.39 is 46.4 Å². The van der Waals surface area contributed by atoms with Crippen molar-refractivity contribution < 1.29 is 74.1 Å². The number of hydrogen-bond acceptors (Lipinski definition) is 0. The second kappa shape index (κ2) is 15.0. The second-order valence-corrected chi connectivity index (χ2v) is 19.8. The molecule has 0 saturated heterocycles. The number of allylic oxidation sites excluding steroid dienone is 4. The van der Waals surface area contributed by atoms with Crippen LogP contribution in [0, 0.1) is 11.8 Å². The summed E-state index contributed by atoms with van der Waals surface area (Å²) in [5, 5.41) is 0. The first-order chi connectivity index (χ1) is 23.2. The molecule has 2 aliphatic carbocycles. The summed E-state index contributed by atoms with van der Waals surface area (Å²) in [6, 6.07) is 24.0. The topological polar surface area (TPSA) is 0 Å². The molecule has 1 heterocycles. The second-order valence-electron chi connectivity index (χ2n) is 14.4. The van der Waals surface area contributed by atoms with Gasteiger partial charge in [0.15, 0.2) is 0 Å². The molecule has 9 heteroatoms. The number of halogens is 8. The maximum atomic E-state index is 13.5. The molecule has 4 bridgehead atoms. The zero-order valence-corrected chi connectivity index (χ0v) is 33.8. The number of alkyl halides is 6. The zero-order valence-electron chi connectivity index (χ0n) is 28.7. The van der Waals surface area contributed by atoms with Gasteiger partial charge in [0.1, 0.15) is 0 Å². The molecule has 1 aliphatic heterocycles. The fraction of sp³-hybridized carbons (Fsp3) is 0.333. The zero-order chi connectivity index (χ0) is 34.8. The Hall–Kier alpha value is -2.61. The molecule has 4 aromatic rings. The Bertz CT molecular complexity index is 1830. The monoisotopic (exact) mass is 906 g/mol. The minimum Gasteiger partial charge on any atom is -1.00 e. The molecule has 2 atom stereocenters. The molecular weight excluding hydrogens is 868 g/mol. The van der Waals surface area contributed by atoms with Crippen molar-refractivity contribution in [3.63, 3.8) is 0 Å². The van der Waals surface area contributed by atoms with Crippen molar-refractivity contribution >= 4 is 11.1 Å². The first kappa shape index (κ1) is 39.6. The first-order valence-corrected chi connectivity index (χ1v) is 21.2. The van der Waals surface area contributed by atoms with E-state index in [1.807, 2.05) is 0 Å². The van der Waals surface area contributed by atoms with Gasteiger partial charge in [-0.15, -0.1) is 0 Å². The van der Waals surface area contributed by atoms with E-state index in [1.54, 1.807) is 24.3 Å². The number of rotatable bonds is 6. The Kier molecular flexibility index (Phi) is 11.7. The summed E-state index contributed by atoms with van der Waals surface area (Å²) in [6.07, 6.45) is -5.16. The molecule has 2 unspecified atom stereocenters. The molecule has 7 rings (SSSR count). The fourth-order valence-electron chi connectivity index (χ4n) is 8.23. The third-order valence-corrected chi connectivity index (χ3v) is 17.3. The predicted octanol–water partition coefficient (Wildman–Crippen LogP) is 7.35. The average molecular weight is 906 g/mol. The third kappa shape index (κ3) is 7.46. The standard InChI is InChI=1S/C42H38F6.2ClH.Hf/c1-25(2)21-31-23-29-7-5-9-35(27-11-15-33(16-12-27)41(43,44)45)39(29)37(31)19-20-38-32(22-26(3)4)24-30-8-6-10-36(40(30)38)28-13-17-34(18-14-28)42(46,47)48;;;/h5-18,23-26H,19-22H2,1-4H3;2*1H;/q;;;+2/p-2. The number of fused-ring (bicyclic) bond motifs is 8. The van der Waals surface area contributed by atoms with Crippen molar-refractivity contribution in [3.8, 4) is 22.3 Å². The molecule has 51 heavy (non-hydrogen) atoms. The van der Waals surface area contributed by atoms with Gasteiger partial charge in [-0.05, 0) is 0 Å². The van der Waals surface area contributed by atoms with Gasteiger partial charge < -0.3 is 24.8 Å². The fourth-order valence-corrected chi connectivity index (χ4v) is 16.0. The van der Waals surface area contributed by atoms with Crippen LogP contribution in [0.2, 0.25) is 0 Å². The van der Waals surface area contributed by atoms with E-state index in [4.69, 9.17) is 0 Å². The molecule has 0 saturated carbocycles. The molecular formula is C42H38Cl2F6Hf. The summed E-state index contributed by atoms with van der Waals surface area (Å²) in [7, 11) is 0. The SMILES string of the molecule is CC(C)CC1=C2CCC3=C(CC(C)C)[CH]([Hf+2][CH]1c1cccc(-c4ccc(C(F)(F)F)cc4)c12)c1cccc(-c2ccc(C(F)(F)F)cc2)c13.[Cl-].[Cl-]. The predicted molar refractivity (Wildman–Crippen MR) is 181 cm³/mol. The van der Waals surface area contributed by atoms with E-state index in [2.05, 4.69) is 64.1 Å². The molecule has 0 amide bonds. The first-order valence-electron chi connectivity index (χ1n) is 17.0. The van der Waals surface area contributed by atoms with Crippen LogP contribution in [-0.2, 0) is 35.3 Å². The molecule has 0 aromatic heterocycles. The van der Waals surface area contributed by atoms with Crippen molar-refractivity contribution in [1.82, 2.24) is 0 Å². The quantitative estimate of drug-likeness (QED) is 0.140. The smallest absolute Gasteiger partial charge is 1.00 e. The number of hydrogen-bond donors (Lipinski definition) is 0. The van der Waals surface area contributed by atoms with Crippen LogP contribution in [0.25, 0.3) is 33.4 Å². The van der Waals surface area contributed by atoms with Crippen LogP contribution < -0.4 is 24.8 Å². The van der Waals surface area contributed by atoms with E-state index >= 15 is 0 Å². The summed E-state index contributed by atoms with van der Waals surface area (Å²) >= 11 is -1.63. The van der Waals surface area contributed by atoms with Crippen molar-refractivity contribution in [2.24, 2.45) is 11.8 Å². The van der Waals surface area contributed by atoms with E-state index in [9.17, 15) is 26.3 Å². The summed E-state index contributed by atoms with van der Waals surface area (Å²) in [5.74, 6) is 0.923. The van der Waals surface area contributed by atoms with Crippen LogP contribution >= 0.6 is 0 Å². The summed E-state index contributed by atoms with van der Waals surface area (Å²) < 4.78 is 81.5. The van der Waals surface area contributed by atoms with Gasteiger partial charge in [-0.25, -0.2) is 0 Å². The Morgan fingerprint density at radius 1 is 0.549 bits per heavy atom. The summed E-state index contributed by atoms with van der Waals surface area (Å²) in [6.45, 7) is 9.05. The van der Waals surface area contributed by atoms with E-state index in [-0.39, 0.29) is 24.8 Å². The van der Waals surface area contributed by atoms with Crippen molar-refractivity contribution in [1.29, 1.82) is 0 Å². The Morgan fingerprint density at radius 2 is 0.902 bits per heavy atom. The van der Waals surface area contributed by atoms with Gasteiger partial charge in [0.05, 0.1) is 0 Å². The van der Waals surface area contributed by atoms with E-state index in [0.29, 0.717) is 19.2 Å². The van der Waals surface area contributed by atoms with Crippen LogP contribution in [0.15, 0.2) is 96.1 Å². The van der Waals surface area contributed by atoms with Crippen molar-refractivity contribution in [2.75, 3.05) is 0 Å². The summed E-state index contributed by atoms with van der Waals surface area (Å²) in [5.41, 5.74) is 13.2. The molecule has 0 spiro atoms. The van der Waals surface area contributed by atoms with Crippen LogP contribution in [0.1, 0.15) is 94.1 Å². The normalized spacial score (nSPS) is 17.9. The Morgan fingerprint density at radius 3 is 1.22 bits per heavy atom. The van der Waals surface area contributed by atoms with E-state index in [1.165, 1.54) is 68.8 Å². The van der Waals surface area contributed by atoms with Gasteiger partial charge in [0.25, 0.3) is 0 Å². The van der Waals surface area contributed by atoms with Gasteiger partial charge >= 0.3 is 297 Å². The van der Waals surface area contributed by atoms with Gasteiger partial charge in [-0.1, -0.05) is 0 Å². The Labute approximate surface area is 320 Å². The summed E-state index contributed by atoms with van der Waals surface area (Å²) in [4.78, 5) is 0. The van der Waals surface area contributed by atoms with Gasteiger partial charge in [-0.2, -0.15) is 0 Å². The van der Waals surface area contributed by atoms with Crippen LogP contribution in [-0.4, -0.2) is 0 Å². The average Bonchev–Trinajstić information content (AvgIpc) is 3.50. The minimum atomic E-state index is -4.39. The van der Waals surface area contributed by atoms with Gasteiger partial charge in [0.2, 0.25) is 0 Å². The van der Waals surface area contributed by atoms with Crippen molar-refractivity contribution in [3.05, 3.63) is 129 Å². The molecule has 3 aliphatic rings. The maximum absolute atomic E-state index is 13.5. The van der Waals surface area contributed by atoms with E-state index in [0.717, 1.165) is 47.9 Å². The van der Waals surface area contributed by atoms with Crippen LogP contribution in [0.4, 0.5) is 26.3 Å².